The van der Waals surface area contributed by atoms with Crippen LogP contribution in [-0.2, 0) is 0 Å². The third kappa shape index (κ3) is 6.13. The molecular formula is C15H19N5. The van der Waals surface area contributed by atoms with Gasteiger partial charge in [0.2, 0.25) is 0 Å². The normalized spacial score (nSPS) is 10.7. The molecule has 0 spiro atoms. The SMILES string of the molecule is C=CCN/C(=C\C#N)N(CC=C)/C(=C/C#N)NCC=C. The second kappa shape index (κ2) is 11.2. The van der Waals surface area contributed by atoms with E-state index in [1.165, 1.54) is 12.2 Å². The molecule has 0 aliphatic rings. The first kappa shape index (κ1) is 17.1. The van der Waals surface area contributed by atoms with Crippen LogP contribution in [0.15, 0.2) is 61.8 Å². The third-order valence-electron chi connectivity index (χ3n) is 2.15. The molecule has 0 unspecified atom stereocenters. The van der Waals surface area contributed by atoms with Crippen molar-refractivity contribution < 1.29 is 0 Å². The second-order valence-corrected chi connectivity index (χ2v) is 3.56. The van der Waals surface area contributed by atoms with E-state index in [1.807, 2.05) is 12.1 Å². The molecule has 0 saturated carbocycles. The van der Waals surface area contributed by atoms with E-state index in [2.05, 4.69) is 30.4 Å². The molecule has 0 bridgehead atoms. The van der Waals surface area contributed by atoms with Crippen LogP contribution in [0, 0.1) is 22.7 Å². The van der Waals surface area contributed by atoms with Gasteiger partial charge in [-0.15, -0.1) is 19.7 Å². The van der Waals surface area contributed by atoms with Crippen LogP contribution in [0.25, 0.3) is 0 Å². The Morgan fingerprint density at radius 2 is 1.35 bits per heavy atom. The standard InChI is InChI=1S/C15H19N5/c1-4-11-18-14(7-9-16)20(13-6-3)15(8-10-17)19-12-5-2/h4-8,18-19H,1-3,11-13H2/b14-7+,15-8+. The van der Waals surface area contributed by atoms with E-state index in [0.717, 1.165) is 0 Å². The molecule has 0 aromatic rings. The fourth-order valence-corrected chi connectivity index (χ4v) is 1.38. The average molecular weight is 269 g/mol. The quantitative estimate of drug-likeness (QED) is 0.467. The Balaban J connectivity index is 5.37. The lowest BCUT2D eigenvalue weighted by atomic mass is 10.4. The lowest BCUT2D eigenvalue weighted by Crippen LogP contribution is -2.37. The van der Waals surface area contributed by atoms with Crippen molar-refractivity contribution in [1.82, 2.24) is 15.5 Å². The summed E-state index contributed by atoms with van der Waals surface area (Å²) in [6.07, 6.45) is 7.79. The Hall–Kier alpha value is -2.92. The van der Waals surface area contributed by atoms with Crippen LogP contribution < -0.4 is 10.6 Å². The summed E-state index contributed by atoms with van der Waals surface area (Å²) in [7, 11) is 0. The fraction of sp³-hybridized carbons (Fsp3) is 0.200. The number of allylic oxidation sites excluding steroid dienone is 2. The van der Waals surface area contributed by atoms with Crippen molar-refractivity contribution in [2.45, 2.75) is 0 Å². The minimum absolute atomic E-state index is 0.440. The maximum atomic E-state index is 8.88. The van der Waals surface area contributed by atoms with Gasteiger partial charge in [-0.25, -0.2) is 0 Å². The highest BCUT2D eigenvalue weighted by molar-refractivity contribution is 5.22. The molecule has 20 heavy (non-hydrogen) atoms. The molecule has 0 amide bonds. The minimum atomic E-state index is 0.440. The number of nitrogens with one attached hydrogen (secondary N) is 2. The molecule has 0 atom stereocenters. The van der Waals surface area contributed by atoms with Crippen molar-refractivity contribution in [3.63, 3.8) is 0 Å². The molecule has 2 N–H and O–H groups in total. The molecule has 0 heterocycles. The fourth-order valence-electron chi connectivity index (χ4n) is 1.38. The summed E-state index contributed by atoms with van der Waals surface area (Å²) in [4.78, 5) is 1.74. The first-order chi connectivity index (χ1) is 9.74. The number of nitrogens with zero attached hydrogens (tertiary/aromatic N) is 3. The monoisotopic (exact) mass is 269 g/mol. The van der Waals surface area contributed by atoms with Gasteiger partial charge in [-0.1, -0.05) is 18.2 Å². The van der Waals surface area contributed by atoms with Crippen LogP contribution >= 0.6 is 0 Å². The number of nitriles is 2. The van der Waals surface area contributed by atoms with Gasteiger partial charge < -0.3 is 15.5 Å². The molecule has 0 aliphatic heterocycles. The van der Waals surface area contributed by atoms with Gasteiger partial charge in [0.25, 0.3) is 0 Å². The van der Waals surface area contributed by atoms with Crippen LogP contribution in [0.2, 0.25) is 0 Å². The number of rotatable bonds is 10. The lowest BCUT2D eigenvalue weighted by molar-refractivity contribution is 0.407. The first-order valence-electron chi connectivity index (χ1n) is 6.02. The zero-order chi connectivity index (χ0) is 15.2. The van der Waals surface area contributed by atoms with E-state index < -0.39 is 0 Å². The Morgan fingerprint density at radius 3 is 1.65 bits per heavy atom. The molecule has 0 rings (SSSR count). The van der Waals surface area contributed by atoms with Crippen LogP contribution in [0.3, 0.4) is 0 Å². The van der Waals surface area contributed by atoms with Crippen molar-refractivity contribution in [1.29, 1.82) is 10.5 Å². The summed E-state index contributed by atoms with van der Waals surface area (Å²) in [6, 6.07) is 3.95. The van der Waals surface area contributed by atoms with Crippen LogP contribution in [-0.4, -0.2) is 24.5 Å². The van der Waals surface area contributed by atoms with E-state index in [4.69, 9.17) is 10.5 Å². The second-order valence-electron chi connectivity index (χ2n) is 3.56. The topological polar surface area (TPSA) is 74.9 Å². The van der Waals surface area contributed by atoms with Gasteiger partial charge in [-0.05, 0) is 0 Å². The highest BCUT2D eigenvalue weighted by Gasteiger charge is 2.12. The minimum Gasteiger partial charge on any atom is -0.367 e. The van der Waals surface area contributed by atoms with E-state index in [-0.39, 0.29) is 0 Å². The predicted molar refractivity (Wildman–Crippen MR) is 80.7 cm³/mol. The van der Waals surface area contributed by atoms with Gasteiger partial charge >= 0.3 is 0 Å². The van der Waals surface area contributed by atoms with Crippen LogP contribution in [0.5, 0.6) is 0 Å². The molecule has 0 aromatic heterocycles. The zero-order valence-electron chi connectivity index (χ0n) is 11.5. The smallest absolute Gasteiger partial charge is 0.118 e. The largest absolute Gasteiger partial charge is 0.367 e. The van der Waals surface area contributed by atoms with Crippen LogP contribution in [0.4, 0.5) is 0 Å². The molecule has 5 heteroatoms. The number of hydrogen-bond acceptors (Lipinski definition) is 5. The first-order valence-corrected chi connectivity index (χ1v) is 6.02. The molecule has 0 aromatic carbocycles. The summed E-state index contributed by atoms with van der Waals surface area (Å²) in [5.74, 6) is 1.12. The summed E-state index contributed by atoms with van der Waals surface area (Å²) in [6.45, 7) is 12.4. The molecule has 0 radical (unpaired) electrons. The maximum Gasteiger partial charge on any atom is 0.118 e. The van der Waals surface area contributed by atoms with Gasteiger partial charge in [0, 0.05) is 19.6 Å². The number of hydrogen-bond donors (Lipinski definition) is 2. The Morgan fingerprint density at radius 1 is 0.900 bits per heavy atom. The molecule has 0 fully saturated rings. The van der Waals surface area contributed by atoms with Gasteiger partial charge in [0.1, 0.15) is 11.6 Å². The maximum absolute atomic E-state index is 8.88. The highest BCUT2D eigenvalue weighted by Crippen LogP contribution is 2.09. The molecule has 104 valence electrons. The molecule has 0 saturated heterocycles. The van der Waals surface area contributed by atoms with Crippen LogP contribution in [0.1, 0.15) is 0 Å². The molecule has 5 nitrogen and oxygen atoms in total. The van der Waals surface area contributed by atoms with E-state index >= 15 is 0 Å². The molecule has 0 aliphatic carbocycles. The Bertz CT molecular complexity index is 433. The van der Waals surface area contributed by atoms with Gasteiger partial charge in [-0.3, -0.25) is 0 Å². The summed E-state index contributed by atoms with van der Waals surface area (Å²) < 4.78 is 0. The third-order valence-corrected chi connectivity index (χ3v) is 2.15. The van der Waals surface area contributed by atoms with E-state index in [0.29, 0.717) is 31.3 Å². The summed E-state index contributed by atoms with van der Waals surface area (Å²) in [5, 5.41) is 23.9. The highest BCUT2D eigenvalue weighted by atomic mass is 15.3. The van der Waals surface area contributed by atoms with E-state index in [1.54, 1.807) is 23.1 Å². The zero-order valence-corrected chi connectivity index (χ0v) is 11.5. The van der Waals surface area contributed by atoms with Gasteiger partial charge in [0.15, 0.2) is 0 Å². The van der Waals surface area contributed by atoms with Crippen molar-refractivity contribution in [3.05, 3.63) is 61.8 Å². The van der Waals surface area contributed by atoms with Crippen molar-refractivity contribution in [2.24, 2.45) is 0 Å². The van der Waals surface area contributed by atoms with Crippen molar-refractivity contribution in [3.8, 4) is 12.1 Å². The summed E-state index contributed by atoms with van der Waals surface area (Å²) in [5.41, 5.74) is 0. The van der Waals surface area contributed by atoms with Crippen molar-refractivity contribution in [2.75, 3.05) is 19.6 Å². The Labute approximate surface area is 120 Å². The predicted octanol–water partition coefficient (Wildman–Crippen LogP) is 1.76. The Kier molecular flexibility index (Phi) is 9.55. The lowest BCUT2D eigenvalue weighted by Gasteiger charge is -2.28. The molecular weight excluding hydrogens is 250 g/mol. The van der Waals surface area contributed by atoms with E-state index in [9.17, 15) is 0 Å². The van der Waals surface area contributed by atoms with Gasteiger partial charge in [0.05, 0.1) is 24.3 Å². The average Bonchev–Trinajstić information content (AvgIpc) is 2.46. The van der Waals surface area contributed by atoms with Gasteiger partial charge in [-0.2, -0.15) is 10.5 Å². The van der Waals surface area contributed by atoms with Crippen molar-refractivity contribution >= 4 is 0 Å². The summed E-state index contributed by atoms with van der Waals surface area (Å²) >= 11 is 0.